The molecule has 18 heteroatoms. The van der Waals surface area contributed by atoms with Gasteiger partial charge in [0, 0.05) is 44.8 Å². The van der Waals surface area contributed by atoms with Gasteiger partial charge in [0.1, 0.15) is 6.04 Å². The second kappa shape index (κ2) is 18.2. The number of rotatable bonds is 9. The lowest BCUT2D eigenvalue weighted by molar-refractivity contribution is -0.144. The lowest BCUT2D eigenvalue weighted by Gasteiger charge is -2.36. The van der Waals surface area contributed by atoms with Crippen LogP contribution in [0.15, 0.2) is 152 Å². The van der Waals surface area contributed by atoms with Crippen molar-refractivity contribution in [1.82, 2.24) is 4.57 Å². The van der Waals surface area contributed by atoms with E-state index in [1.165, 1.54) is 77.4 Å². The van der Waals surface area contributed by atoms with Gasteiger partial charge in [-0.05, 0) is 102 Å². The van der Waals surface area contributed by atoms with Gasteiger partial charge < -0.3 is 9.47 Å². The number of hydrogen-bond donors (Lipinski definition) is 0. The lowest BCUT2D eigenvalue weighted by Crippen LogP contribution is -2.41. The summed E-state index contributed by atoms with van der Waals surface area (Å²) < 4.78 is 221. The van der Waals surface area contributed by atoms with Crippen LogP contribution < -0.4 is 4.90 Å². The van der Waals surface area contributed by atoms with E-state index in [1.807, 2.05) is 6.07 Å². The summed E-state index contributed by atoms with van der Waals surface area (Å²) in [5.41, 5.74) is -9.77. The van der Waals surface area contributed by atoms with Crippen molar-refractivity contribution in [3.63, 3.8) is 0 Å². The zero-order valence-electron chi connectivity index (χ0n) is 37.2. The fourth-order valence-corrected chi connectivity index (χ4v) is 8.99. The molecule has 3 nitrogen and oxygen atoms in total. The van der Waals surface area contributed by atoms with E-state index < -0.39 is 81.8 Å². The molecule has 0 aliphatic carbocycles. The second-order valence-corrected chi connectivity index (χ2v) is 16.8. The van der Waals surface area contributed by atoms with Crippen LogP contribution in [0.2, 0.25) is 0 Å². The minimum absolute atomic E-state index is 0.0265. The largest absolute Gasteiger partial charge is 0.417 e. The highest BCUT2D eigenvalue weighted by molar-refractivity contribution is 6.11. The number of nitriles is 1. The third-order valence-corrected chi connectivity index (χ3v) is 12.4. The van der Waals surface area contributed by atoms with Crippen molar-refractivity contribution in [2.45, 2.75) is 56.7 Å². The fraction of sp³-hybridized carbons (Fsp3) is 0.167. The van der Waals surface area contributed by atoms with Gasteiger partial charge in [-0.15, -0.1) is 6.58 Å². The molecule has 8 aromatic rings. The molecule has 0 bridgehead atoms. The molecule has 0 amide bonds. The predicted molar refractivity (Wildman–Crippen MR) is 245 cm³/mol. The summed E-state index contributed by atoms with van der Waals surface area (Å²) in [6, 6.07) is 24.5. The number of aromatic nitrogens is 1. The van der Waals surface area contributed by atoms with Gasteiger partial charge in [-0.2, -0.15) is 71.1 Å². The number of fused-ring (bicyclic) bond motifs is 3. The molecule has 0 aliphatic heterocycles. The Morgan fingerprint density at radius 1 is 0.528 bits per heavy atom. The summed E-state index contributed by atoms with van der Waals surface area (Å²) in [6.45, 7) is 6.35. The maximum Gasteiger partial charge on any atom is 0.417 e. The Hall–Kier alpha value is -7.68. The van der Waals surface area contributed by atoms with Gasteiger partial charge in [-0.3, -0.25) is 0 Å². The quantitative estimate of drug-likeness (QED) is 0.107. The normalized spacial score (nSPS) is 13.6. The first kappa shape index (κ1) is 50.7. The van der Waals surface area contributed by atoms with Crippen LogP contribution in [0.4, 0.5) is 77.2 Å². The van der Waals surface area contributed by atoms with E-state index in [-0.39, 0.29) is 67.2 Å². The number of benzene rings is 7. The van der Waals surface area contributed by atoms with Crippen LogP contribution >= 0.6 is 0 Å². The van der Waals surface area contributed by atoms with Gasteiger partial charge in [0.15, 0.2) is 0 Å². The highest BCUT2D eigenvalue weighted by Gasteiger charge is 2.44. The summed E-state index contributed by atoms with van der Waals surface area (Å²) in [5.74, 6) is -0.547. The van der Waals surface area contributed by atoms with E-state index in [0.717, 1.165) is 36.1 Å². The van der Waals surface area contributed by atoms with Crippen molar-refractivity contribution < 1.29 is 65.9 Å². The Morgan fingerprint density at radius 2 is 1.12 bits per heavy atom. The topological polar surface area (TPSA) is 32.0 Å². The van der Waals surface area contributed by atoms with Gasteiger partial charge in [0.25, 0.3) is 0 Å². The number of hydrogen-bond acceptors (Lipinski definition) is 2. The van der Waals surface area contributed by atoms with E-state index in [4.69, 9.17) is 0 Å². The standard InChI is InChI=1S/C54H34F15N3/c1-4-29(2)35-10-5-7-14-44(35)71(30(3)50(55,56)57)46-22-16-31(28-70)24-39(46)38-20-17-33(49-41(52(61,62)63)12-9-13-42(49)53(64,65)66)26-48(38)72-45-15-8-6-11-37(45)40-25-32(18-23-47(40)72)36-21-19-34(51(58,59)60)27-43(36)54(67,68)69/h4-27,29-30H,1H2,2-3H3. The Kier molecular flexibility index (Phi) is 12.8. The van der Waals surface area contributed by atoms with Crippen molar-refractivity contribution in [2.75, 3.05) is 4.90 Å². The molecule has 1 heterocycles. The summed E-state index contributed by atoms with van der Waals surface area (Å²) in [5, 5.41) is 10.6. The molecule has 0 fully saturated rings. The lowest BCUT2D eigenvalue weighted by atomic mass is 9.90. The van der Waals surface area contributed by atoms with Crippen molar-refractivity contribution in [3.05, 3.63) is 186 Å². The molecular formula is C54H34F15N3. The monoisotopic (exact) mass is 1010 g/mol. The van der Waals surface area contributed by atoms with Crippen LogP contribution in [0.1, 0.15) is 53.1 Å². The van der Waals surface area contributed by atoms with Gasteiger partial charge in [0.05, 0.1) is 50.6 Å². The van der Waals surface area contributed by atoms with Gasteiger partial charge in [-0.1, -0.05) is 79.7 Å². The number of alkyl halides is 15. The molecule has 0 radical (unpaired) electrons. The van der Waals surface area contributed by atoms with Crippen LogP contribution in [0, 0.1) is 11.3 Å². The molecule has 2 atom stereocenters. The first-order chi connectivity index (χ1) is 33.6. The number of nitrogens with zero attached hydrogens (tertiary/aromatic N) is 3. The number of para-hydroxylation sites is 2. The SMILES string of the molecule is C=CC(C)c1ccccc1N(c1ccc(C#N)cc1-c1ccc(-c2c(C(F)(F)F)cccc2C(F)(F)F)cc1-n1c2ccccc2c2cc(-c3ccc(C(F)(F)F)cc3C(F)(F)F)ccc21)C(C)C(F)(F)F. The van der Waals surface area contributed by atoms with Gasteiger partial charge >= 0.3 is 30.9 Å². The third-order valence-electron chi connectivity index (χ3n) is 12.4. The molecule has 2 unspecified atom stereocenters. The Balaban J connectivity index is 1.53. The van der Waals surface area contributed by atoms with Crippen molar-refractivity contribution in [3.8, 4) is 45.1 Å². The number of anilines is 2. The first-order valence-corrected chi connectivity index (χ1v) is 21.5. The average Bonchev–Trinajstić information content (AvgIpc) is 3.65. The minimum atomic E-state index is -5.37. The molecule has 0 saturated carbocycles. The minimum Gasteiger partial charge on any atom is -0.329 e. The molecular weight excluding hydrogens is 976 g/mol. The highest BCUT2D eigenvalue weighted by atomic mass is 19.4. The van der Waals surface area contributed by atoms with E-state index in [1.54, 1.807) is 19.1 Å². The first-order valence-electron chi connectivity index (χ1n) is 21.5. The van der Waals surface area contributed by atoms with E-state index in [9.17, 15) is 57.9 Å². The predicted octanol–water partition coefficient (Wildman–Crippen LogP) is 18.1. The Bertz CT molecular complexity index is 3410. The molecule has 72 heavy (non-hydrogen) atoms. The average molecular weight is 1010 g/mol. The molecule has 0 saturated heterocycles. The van der Waals surface area contributed by atoms with E-state index >= 15 is 13.2 Å². The van der Waals surface area contributed by atoms with Crippen LogP contribution in [0.5, 0.6) is 0 Å². The summed E-state index contributed by atoms with van der Waals surface area (Å²) in [4.78, 5) is 0.949. The molecule has 8 rings (SSSR count). The zero-order valence-corrected chi connectivity index (χ0v) is 37.2. The Labute approximate surface area is 400 Å². The van der Waals surface area contributed by atoms with Gasteiger partial charge in [0.2, 0.25) is 0 Å². The summed E-state index contributed by atoms with van der Waals surface area (Å²) in [6.07, 6.45) is -24.6. The fourth-order valence-electron chi connectivity index (χ4n) is 8.99. The molecule has 0 spiro atoms. The number of halogens is 15. The van der Waals surface area contributed by atoms with E-state index in [0.29, 0.717) is 35.9 Å². The maximum absolute atomic E-state index is 15.2. The van der Waals surface area contributed by atoms with Crippen LogP contribution in [-0.2, 0) is 24.7 Å². The maximum atomic E-state index is 15.2. The third kappa shape index (κ3) is 9.35. The van der Waals surface area contributed by atoms with Crippen molar-refractivity contribution in [2.24, 2.45) is 0 Å². The van der Waals surface area contributed by atoms with Crippen molar-refractivity contribution >= 4 is 33.2 Å². The smallest absolute Gasteiger partial charge is 0.329 e. The zero-order chi connectivity index (χ0) is 52.5. The summed E-state index contributed by atoms with van der Waals surface area (Å²) >= 11 is 0. The summed E-state index contributed by atoms with van der Waals surface area (Å²) in [7, 11) is 0. The van der Waals surface area contributed by atoms with Crippen LogP contribution in [0.25, 0.3) is 60.9 Å². The van der Waals surface area contributed by atoms with Gasteiger partial charge in [-0.25, -0.2) is 0 Å². The Morgan fingerprint density at radius 3 is 1.74 bits per heavy atom. The van der Waals surface area contributed by atoms with Crippen LogP contribution in [-0.4, -0.2) is 16.8 Å². The van der Waals surface area contributed by atoms with Crippen LogP contribution in [0.3, 0.4) is 0 Å². The molecule has 0 N–H and O–H groups in total. The molecule has 370 valence electrons. The number of allylic oxidation sites excluding steroid dienone is 1. The second-order valence-electron chi connectivity index (χ2n) is 16.8. The highest BCUT2D eigenvalue weighted by Crippen LogP contribution is 2.50. The molecule has 0 aliphatic rings. The van der Waals surface area contributed by atoms with E-state index in [2.05, 4.69) is 6.58 Å². The van der Waals surface area contributed by atoms with Crippen molar-refractivity contribution in [1.29, 1.82) is 5.26 Å². The molecule has 7 aromatic carbocycles. The molecule has 1 aromatic heterocycles.